The number of anilines is 1. The summed E-state index contributed by atoms with van der Waals surface area (Å²) in [6.07, 6.45) is 0. The highest BCUT2D eigenvalue weighted by Crippen LogP contribution is 2.23. The summed E-state index contributed by atoms with van der Waals surface area (Å²) in [5.74, 6) is -0.579. The number of hydrogen-bond donors (Lipinski definition) is 1. The highest BCUT2D eigenvalue weighted by molar-refractivity contribution is 7.94. The Hall–Kier alpha value is -2.00. The number of esters is 1. The van der Waals surface area contributed by atoms with Crippen LogP contribution in [0.15, 0.2) is 22.4 Å². The lowest BCUT2D eigenvalue weighted by atomic mass is 10.4. The molecule has 0 saturated heterocycles. The first kappa shape index (κ1) is 15.4. The van der Waals surface area contributed by atoms with Crippen molar-refractivity contribution >= 4 is 33.3 Å². The van der Waals surface area contributed by atoms with Crippen LogP contribution in [0.25, 0.3) is 0 Å². The van der Waals surface area contributed by atoms with Crippen LogP contribution >= 0.6 is 11.3 Å². The molecular formula is C12H13N3O4S2. The van der Waals surface area contributed by atoms with Crippen molar-refractivity contribution in [3.8, 4) is 0 Å². The van der Waals surface area contributed by atoms with Gasteiger partial charge in [-0.1, -0.05) is 0 Å². The summed E-state index contributed by atoms with van der Waals surface area (Å²) in [7, 11) is -2.60. The molecule has 0 radical (unpaired) electrons. The van der Waals surface area contributed by atoms with Gasteiger partial charge in [0.2, 0.25) is 5.95 Å². The number of aryl methyl sites for hydroxylation is 2. The molecule has 0 bridgehead atoms. The zero-order chi connectivity index (χ0) is 15.6. The molecule has 0 unspecified atom stereocenters. The molecule has 9 heteroatoms. The van der Waals surface area contributed by atoms with E-state index in [2.05, 4.69) is 19.4 Å². The van der Waals surface area contributed by atoms with E-state index in [1.807, 2.05) is 0 Å². The second kappa shape index (κ2) is 5.78. The third kappa shape index (κ3) is 3.56. The molecule has 0 aromatic carbocycles. The van der Waals surface area contributed by atoms with Crippen LogP contribution in [0.2, 0.25) is 0 Å². The van der Waals surface area contributed by atoms with Crippen LogP contribution in [0, 0.1) is 13.8 Å². The third-order valence-corrected chi connectivity index (χ3v) is 5.33. The third-order valence-electron chi connectivity index (χ3n) is 2.44. The van der Waals surface area contributed by atoms with Gasteiger partial charge in [0.25, 0.3) is 10.0 Å². The summed E-state index contributed by atoms with van der Waals surface area (Å²) >= 11 is 0.820. The number of nitrogens with zero attached hydrogens (tertiary/aromatic N) is 2. The Labute approximate surface area is 126 Å². The first-order chi connectivity index (χ1) is 9.81. The summed E-state index contributed by atoms with van der Waals surface area (Å²) in [5, 5.41) is 0. The number of carbonyl (C=O) groups is 1. The van der Waals surface area contributed by atoms with E-state index >= 15 is 0 Å². The van der Waals surface area contributed by atoms with Crippen LogP contribution in [0.1, 0.15) is 21.1 Å². The maximum Gasteiger partial charge on any atom is 0.348 e. The number of aromatic nitrogens is 2. The fourth-order valence-electron chi connectivity index (χ4n) is 1.62. The molecule has 1 N–H and O–H groups in total. The number of hydrogen-bond acceptors (Lipinski definition) is 7. The zero-order valence-corrected chi connectivity index (χ0v) is 13.2. The summed E-state index contributed by atoms with van der Waals surface area (Å²) in [6, 6.07) is 4.47. The number of nitrogens with one attached hydrogen (secondary N) is 1. The molecule has 0 saturated carbocycles. The maximum atomic E-state index is 12.2. The number of methoxy groups -OCH3 is 1. The highest BCUT2D eigenvalue weighted by Gasteiger charge is 2.20. The van der Waals surface area contributed by atoms with Gasteiger partial charge in [0.05, 0.1) is 7.11 Å². The molecule has 0 aliphatic carbocycles. The van der Waals surface area contributed by atoms with E-state index in [1.54, 1.807) is 19.9 Å². The Kier molecular flexibility index (Phi) is 4.24. The summed E-state index contributed by atoms with van der Waals surface area (Å²) in [5.41, 5.74) is 1.31. The van der Waals surface area contributed by atoms with Crippen molar-refractivity contribution in [3.63, 3.8) is 0 Å². The summed E-state index contributed by atoms with van der Waals surface area (Å²) in [6.45, 7) is 3.49. The summed E-state index contributed by atoms with van der Waals surface area (Å²) < 4.78 is 31.3. The molecule has 0 spiro atoms. The van der Waals surface area contributed by atoms with Gasteiger partial charge in [-0.15, -0.1) is 11.3 Å². The Morgan fingerprint density at radius 2 is 1.86 bits per heavy atom. The minimum atomic E-state index is -3.83. The minimum Gasteiger partial charge on any atom is -0.465 e. The predicted molar refractivity (Wildman–Crippen MR) is 78.0 cm³/mol. The fraction of sp³-hybridized carbons (Fsp3) is 0.250. The lowest BCUT2D eigenvalue weighted by Crippen LogP contribution is -2.14. The molecule has 2 rings (SSSR count). The van der Waals surface area contributed by atoms with Gasteiger partial charge in [0.1, 0.15) is 9.09 Å². The zero-order valence-electron chi connectivity index (χ0n) is 11.6. The molecule has 21 heavy (non-hydrogen) atoms. The molecular weight excluding hydrogens is 314 g/mol. The van der Waals surface area contributed by atoms with Gasteiger partial charge in [0, 0.05) is 11.4 Å². The fourth-order valence-corrected chi connectivity index (χ4v) is 3.79. The van der Waals surface area contributed by atoms with Gasteiger partial charge >= 0.3 is 5.97 Å². The standard InChI is InChI=1S/C12H13N3O4S2/c1-7-6-8(2)14-12(13-7)15-21(17,18)10-5-4-9(20-10)11(16)19-3/h4-6H,1-3H3,(H,13,14,15). The minimum absolute atomic E-state index is 0.000480. The van der Waals surface area contributed by atoms with Crippen LogP contribution in [0.3, 0.4) is 0 Å². The van der Waals surface area contributed by atoms with E-state index < -0.39 is 16.0 Å². The number of sulfonamides is 1. The van der Waals surface area contributed by atoms with Gasteiger partial charge in [-0.25, -0.2) is 27.9 Å². The molecule has 2 heterocycles. The maximum absolute atomic E-state index is 12.2. The van der Waals surface area contributed by atoms with Gasteiger partial charge in [-0.2, -0.15) is 0 Å². The molecule has 112 valence electrons. The Bertz CT molecular complexity index is 763. The van der Waals surface area contributed by atoms with Crippen LogP contribution in [0.5, 0.6) is 0 Å². The normalized spacial score (nSPS) is 11.2. The largest absolute Gasteiger partial charge is 0.465 e. The Morgan fingerprint density at radius 3 is 2.43 bits per heavy atom. The van der Waals surface area contributed by atoms with Crippen molar-refractivity contribution in [3.05, 3.63) is 34.5 Å². The quantitative estimate of drug-likeness (QED) is 0.859. The summed E-state index contributed by atoms with van der Waals surface area (Å²) in [4.78, 5) is 19.6. The van der Waals surface area contributed by atoms with Crippen LogP contribution < -0.4 is 4.72 Å². The molecule has 0 atom stereocenters. The number of rotatable bonds is 4. The molecule has 0 aliphatic rings. The molecule has 0 aliphatic heterocycles. The van der Waals surface area contributed by atoms with E-state index in [0.29, 0.717) is 11.4 Å². The topological polar surface area (TPSA) is 98.2 Å². The van der Waals surface area contributed by atoms with Crippen LogP contribution in [-0.2, 0) is 14.8 Å². The number of ether oxygens (including phenoxy) is 1. The van der Waals surface area contributed by atoms with E-state index in [0.717, 1.165) is 11.3 Å². The van der Waals surface area contributed by atoms with Crippen molar-refractivity contribution in [2.75, 3.05) is 11.8 Å². The van der Waals surface area contributed by atoms with Gasteiger partial charge in [0.15, 0.2) is 0 Å². The van der Waals surface area contributed by atoms with Crippen molar-refractivity contribution in [2.24, 2.45) is 0 Å². The second-order valence-corrected chi connectivity index (χ2v) is 7.18. The molecule has 0 amide bonds. The predicted octanol–water partition coefficient (Wildman–Crippen LogP) is 1.74. The average Bonchev–Trinajstić information content (AvgIpc) is 2.86. The van der Waals surface area contributed by atoms with Gasteiger partial charge in [-0.3, -0.25) is 0 Å². The Balaban J connectivity index is 2.30. The van der Waals surface area contributed by atoms with Crippen molar-refractivity contribution in [1.82, 2.24) is 9.97 Å². The lowest BCUT2D eigenvalue weighted by molar-refractivity contribution is 0.0606. The van der Waals surface area contributed by atoms with E-state index in [9.17, 15) is 13.2 Å². The van der Waals surface area contributed by atoms with Gasteiger partial charge < -0.3 is 4.74 Å². The smallest absolute Gasteiger partial charge is 0.348 e. The van der Waals surface area contributed by atoms with Crippen LogP contribution in [-0.4, -0.2) is 31.5 Å². The first-order valence-corrected chi connectivity index (χ1v) is 8.15. The highest BCUT2D eigenvalue weighted by atomic mass is 32.2. The number of carbonyl (C=O) groups excluding carboxylic acids is 1. The molecule has 2 aromatic heterocycles. The van der Waals surface area contributed by atoms with E-state index in [1.165, 1.54) is 19.2 Å². The van der Waals surface area contributed by atoms with E-state index in [4.69, 9.17) is 0 Å². The molecule has 2 aromatic rings. The SMILES string of the molecule is COC(=O)c1ccc(S(=O)(=O)Nc2nc(C)cc(C)n2)s1. The second-order valence-electron chi connectivity index (χ2n) is 4.19. The van der Waals surface area contributed by atoms with E-state index in [-0.39, 0.29) is 15.0 Å². The van der Waals surface area contributed by atoms with Crippen LogP contribution in [0.4, 0.5) is 5.95 Å². The van der Waals surface area contributed by atoms with Gasteiger partial charge in [-0.05, 0) is 32.0 Å². The van der Waals surface area contributed by atoms with Crippen molar-refractivity contribution in [1.29, 1.82) is 0 Å². The first-order valence-electron chi connectivity index (χ1n) is 5.85. The number of thiophene rings is 1. The molecule has 7 nitrogen and oxygen atoms in total. The van der Waals surface area contributed by atoms with Crippen molar-refractivity contribution in [2.45, 2.75) is 18.1 Å². The average molecular weight is 327 g/mol. The molecule has 0 fully saturated rings. The Morgan fingerprint density at radius 1 is 1.24 bits per heavy atom. The monoisotopic (exact) mass is 327 g/mol. The lowest BCUT2D eigenvalue weighted by Gasteiger charge is -2.06. The van der Waals surface area contributed by atoms with Crippen molar-refractivity contribution < 1.29 is 17.9 Å².